The fourth-order valence-corrected chi connectivity index (χ4v) is 3.50. The zero-order chi connectivity index (χ0) is 20.0. The summed E-state index contributed by atoms with van der Waals surface area (Å²) >= 11 is 3.21. The molecule has 9 nitrogen and oxygen atoms in total. The van der Waals surface area contributed by atoms with Crippen molar-refractivity contribution in [3.63, 3.8) is 0 Å². The molecule has 0 spiro atoms. The maximum atomic E-state index is 12.3. The van der Waals surface area contributed by atoms with Crippen LogP contribution in [0.4, 0.5) is 0 Å². The molecule has 27 heavy (non-hydrogen) atoms. The van der Waals surface area contributed by atoms with Gasteiger partial charge in [0.25, 0.3) is 5.89 Å². The van der Waals surface area contributed by atoms with Gasteiger partial charge in [-0.15, -0.1) is 0 Å². The minimum Gasteiger partial charge on any atom is -0.454 e. The molecule has 0 aliphatic rings. The number of aliphatic hydroxyl groups is 1. The van der Waals surface area contributed by atoms with E-state index in [0.717, 1.165) is 0 Å². The fourth-order valence-electron chi connectivity index (χ4n) is 2.06. The lowest BCUT2D eigenvalue weighted by Crippen LogP contribution is -2.44. The molecule has 0 fully saturated rings. The summed E-state index contributed by atoms with van der Waals surface area (Å²) in [4.78, 5) is 16.1. The van der Waals surface area contributed by atoms with Crippen LogP contribution in [-0.4, -0.2) is 42.3 Å². The van der Waals surface area contributed by atoms with E-state index < -0.39 is 28.6 Å². The van der Waals surface area contributed by atoms with Gasteiger partial charge >= 0.3 is 5.97 Å². The summed E-state index contributed by atoms with van der Waals surface area (Å²) in [6, 6.07) is 4.36. The van der Waals surface area contributed by atoms with Crippen LogP contribution in [0.25, 0.3) is 0 Å². The number of benzene rings is 1. The van der Waals surface area contributed by atoms with Crippen LogP contribution in [0, 0.1) is 5.92 Å². The zero-order valence-electron chi connectivity index (χ0n) is 14.8. The second kappa shape index (κ2) is 9.40. The van der Waals surface area contributed by atoms with E-state index in [1.165, 1.54) is 12.1 Å². The number of rotatable bonds is 9. The molecular weight excluding hydrogens is 442 g/mol. The van der Waals surface area contributed by atoms with Gasteiger partial charge < -0.3 is 14.4 Å². The van der Waals surface area contributed by atoms with Crippen molar-refractivity contribution in [2.75, 3.05) is 6.61 Å². The molecule has 0 aliphatic carbocycles. The number of aromatic nitrogens is 2. The van der Waals surface area contributed by atoms with Crippen molar-refractivity contribution < 1.29 is 27.6 Å². The first-order chi connectivity index (χ1) is 12.7. The van der Waals surface area contributed by atoms with Crippen molar-refractivity contribution in [2.24, 2.45) is 5.92 Å². The second-order valence-corrected chi connectivity index (χ2v) is 8.75. The Labute approximate surface area is 165 Å². The Morgan fingerprint density at radius 1 is 1.33 bits per heavy atom. The maximum Gasteiger partial charge on any atom is 0.327 e. The predicted octanol–water partition coefficient (Wildman–Crippen LogP) is 1.41. The van der Waals surface area contributed by atoms with E-state index >= 15 is 0 Å². The summed E-state index contributed by atoms with van der Waals surface area (Å²) in [5.41, 5.74) is 0. The summed E-state index contributed by atoms with van der Waals surface area (Å²) in [5, 5.41) is 13.1. The minimum atomic E-state index is -4.01. The van der Waals surface area contributed by atoms with Gasteiger partial charge in [-0.3, -0.25) is 4.79 Å². The summed E-state index contributed by atoms with van der Waals surface area (Å²) < 4.78 is 37.4. The van der Waals surface area contributed by atoms with Gasteiger partial charge in [0.05, 0.1) is 11.5 Å². The third kappa shape index (κ3) is 6.38. The number of nitrogens with zero attached hydrogens (tertiary/aromatic N) is 2. The van der Waals surface area contributed by atoms with Crippen LogP contribution in [0.3, 0.4) is 0 Å². The molecule has 1 unspecified atom stereocenters. The molecule has 0 amide bonds. The quantitative estimate of drug-likeness (QED) is 0.535. The second-order valence-electron chi connectivity index (χ2n) is 6.12. The van der Waals surface area contributed by atoms with E-state index in [9.17, 15) is 18.3 Å². The normalized spacial score (nSPS) is 12.9. The van der Waals surface area contributed by atoms with Gasteiger partial charge in [-0.1, -0.05) is 34.9 Å². The molecule has 1 atom stereocenters. The summed E-state index contributed by atoms with van der Waals surface area (Å²) in [7, 11) is -4.01. The predicted molar refractivity (Wildman–Crippen MR) is 98.0 cm³/mol. The molecule has 0 saturated heterocycles. The fraction of sp³-hybridized carbons (Fsp3) is 0.438. The number of esters is 1. The van der Waals surface area contributed by atoms with E-state index in [-0.39, 0.29) is 17.4 Å². The van der Waals surface area contributed by atoms with Gasteiger partial charge in [0.1, 0.15) is 6.04 Å². The molecule has 11 heteroatoms. The number of carbonyl (C=O) groups is 1. The van der Waals surface area contributed by atoms with Crippen molar-refractivity contribution in [3.8, 4) is 0 Å². The van der Waals surface area contributed by atoms with Crippen LogP contribution in [-0.2, 0) is 32.6 Å². The number of ether oxygens (including phenoxy) is 1. The monoisotopic (exact) mass is 461 g/mol. The summed E-state index contributed by atoms with van der Waals surface area (Å²) in [6.07, 6.45) is 0.615. The molecule has 1 heterocycles. The van der Waals surface area contributed by atoms with Gasteiger partial charge in [0, 0.05) is 10.9 Å². The van der Waals surface area contributed by atoms with E-state index in [1.54, 1.807) is 12.1 Å². The summed E-state index contributed by atoms with van der Waals surface area (Å²) in [6.45, 7) is 2.91. The SMILES string of the molecule is CC(C)Cc1noc(COC(=O)C(CO)NS(=O)(=O)c2ccc(Br)cc2)n1. The van der Waals surface area contributed by atoms with Crippen LogP contribution >= 0.6 is 15.9 Å². The molecule has 148 valence electrons. The lowest BCUT2D eigenvalue weighted by atomic mass is 10.1. The van der Waals surface area contributed by atoms with Crippen molar-refractivity contribution in [3.05, 3.63) is 40.5 Å². The topological polar surface area (TPSA) is 132 Å². The smallest absolute Gasteiger partial charge is 0.327 e. The van der Waals surface area contributed by atoms with Crippen molar-refractivity contribution >= 4 is 31.9 Å². The first kappa shape index (κ1) is 21.5. The van der Waals surface area contributed by atoms with E-state index in [1.807, 2.05) is 13.8 Å². The maximum absolute atomic E-state index is 12.3. The lowest BCUT2D eigenvalue weighted by molar-refractivity contribution is -0.148. The molecule has 1 aromatic heterocycles. The van der Waals surface area contributed by atoms with Gasteiger partial charge in [0.2, 0.25) is 10.0 Å². The molecule has 0 saturated carbocycles. The van der Waals surface area contributed by atoms with Gasteiger partial charge in [0.15, 0.2) is 12.4 Å². The molecule has 1 aromatic carbocycles. The van der Waals surface area contributed by atoms with Crippen LogP contribution < -0.4 is 4.72 Å². The van der Waals surface area contributed by atoms with Gasteiger partial charge in [-0.05, 0) is 30.2 Å². The Hall–Kier alpha value is -1.82. The Morgan fingerprint density at radius 3 is 2.59 bits per heavy atom. The first-order valence-corrected chi connectivity index (χ1v) is 10.4. The third-order valence-electron chi connectivity index (χ3n) is 3.33. The standard InChI is InChI=1S/C16H20BrN3O6S/c1-10(2)7-14-18-15(26-19-14)9-25-16(22)13(8-21)20-27(23,24)12-5-3-11(17)4-6-12/h3-6,10,13,20-21H,7-9H2,1-2H3. The number of hydrogen-bond acceptors (Lipinski definition) is 8. The summed E-state index contributed by atoms with van der Waals surface area (Å²) in [5.74, 6) is -0.0382. The number of halogens is 1. The van der Waals surface area contributed by atoms with Crippen LogP contribution in [0.1, 0.15) is 25.6 Å². The van der Waals surface area contributed by atoms with E-state index in [4.69, 9.17) is 9.26 Å². The number of aliphatic hydroxyl groups excluding tert-OH is 1. The Morgan fingerprint density at radius 2 is 2.00 bits per heavy atom. The van der Waals surface area contributed by atoms with Crippen molar-refractivity contribution in [1.82, 2.24) is 14.9 Å². The third-order valence-corrected chi connectivity index (χ3v) is 5.34. The number of carbonyl (C=O) groups excluding carboxylic acids is 1. The van der Waals surface area contributed by atoms with Crippen LogP contribution in [0.5, 0.6) is 0 Å². The molecule has 0 radical (unpaired) electrons. The molecule has 2 rings (SSSR count). The highest BCUT2D eigenvalue weighted by Crippen LogP contribution is 2.15. The first-order valence-electron chi connectivity index (χ1n) is 8.08. The highest BCUT2D eigenvalue weighted by atomic mass is 79.9. The average Bonchev–Trinajstić information content (AvgIpc) is 3.04. The highest BCUT2D eigenvalue weighted by Gasteiger charge is 2.27. The number of sulfonamides is 1. The minimum absolute atomic E-state index is 0.0489. The van der Waals surface area contributed by atoms with Crippen molar-refractivity contribution in [2.45, 2.75) is 37.8 Å². The van der Waals surface area contributed by atoms with Gasteiger partial charge in [-0.2, -0.15) is 9.71 Å². The number of hydrogen-bond donors (Lipinski definition) is 2. The van der Waals surface area contributed by atoms with E-state index in [2.05, 4.69) is 30.8 Å². The largest absolute Gasteiger partial charge is 0.454 e. The Bertz CT molecular complexity index is 867. The van der Waals surface area contributed by atoms with Gasteiger partial charge in [-0.25, -0.2) is 8.42 Å². The Balaban J connectivity index is 1.97. The zero-order valence-corrected chi connectivity index (χ0v) is 17.2. The molecule has 0 bridgehead atoms. The van der Waals surface area contributed by atoms with E-state index in [0.29, 0.717) is 22.6 Å². The Kier molecular flexibility index (Phi) is 7.48. The van der Waals surface area contributed by atoms with Crippen LogP contribution in [0.2, 0.25) is 0 Å². The lowest BCUT2D eigenvalue weighted by Gasteiger charge is -2.15. The van der Waals surface area contributed by atoms with Crippen LogP contribution in [0.15, 0.2) is 38.2 Å². The average molecular weight is 462 g/mol. The van der Waals surface area contributed by atoms with Crippen molar-refractivity contribution in [1.29, 1.82) is 0 Å². The molecular formula is C16H20BrN3O6S. The highest BCUT2D eigenvalue weighted by molar-refractivity contribution is 9.10. The molecule has 2 aromatic rings. The number of nitrogens with one attached hydrogen (secondary N) is 1. The molecule has 2 N–H and O–H groups in total. The molecule has 0 aliphatic heterocycles.